The van der Waals surface area contributed by atoms with Crippen LogP contribution in [0.25, 0.3) is 0 Å². The summed E-state index contributed by atoms with van der Waals surface area (Å²) in [7, 11) is 0. The van der Waals surface area contributed by atoms with Gasteiger partial charge in [-0.25, -0.2) is 0 Å². The molecule has 1 rings (SSSR count). The van der Waals surface area contributed by atoms with E-state index in [9.17, 15) is 0 Å². The first-order valence-corrected chi connectivity index (χ1v) is 6.48. The molecule has 0 bridgehead atoms. The third-order valence-corrected chi connectivity index (χ3v) is 3.79. The van der Waals surface area contributed by atoms with Crippen LogP contribution in [0.1, 0.15) is 25.3 Å². The highest BCUT2D eigenvalue weighted by Crippen LogP contribution is 2.23. The Bertz CT molecular complexity index is 317. The number of benzene rings is 1. The number of hydrogen-bond donors (Lipinski definition) is 1. The van der Waals surface area contributed by atoms with Crippen molar-refractivity contribution in [1.82, 2.24) is 4.34 Å². The highest BCUT2D eigenvalue weighted by Gasteiger charge is 2.02. The molecule has 84 valence electrons. The Morgan fingerprint density at radius 1 is 1.33 bits per heavy atom. The standard InChI is InChI=1S/C11H14BrCl2N/c1-8(15-12)3-2-4-9-5-6-10(13)11(14)7-9/h5-8,15H,2-4H2,1H3. The summed E-state index contributed by atoms with van der Waals surface area (Å²) in [5.74, 6) is 0. The molecule has 0 amide bonds. The molecule has 15 heavy (non-hydrogen) atoms. The topological polar surface area (TPSA) is 12.0 Å². The van der Waals surface area contributed by atoms with Crippen LogP contribution >= 0.6 is 39.3 Å². The first kappa shape index (κ1) is 13.3. The third kappa shape index (κ3) is 4.73. The van der Waals surface area contributed by atoms with Gasteiger partial charge >= 0.3 is 0 Å². The fourth-order valence-corrected chi connectivity index (χ4v) is 1.91. The van der Waals surface area contributed by atoms with Gasteiger partial charge in [0.2, 0.25) is 0 Å². The van der Waals surface area contributed by atoms with Crippen LogP contribution in [0.5, 0.6) is 0 Å². The maximum atomic E-state index is 5.93. The lowest BCUT2D eigenvalue weighted by atomic mass is 10.1. The highest BCUT2D eigenvalue weighted by molar-refractivity contribution is 9.08. The predicted octanol–water partition coefficient (Wildman–Crippen LogP) is 4.60. The molecule has 0 saturated carbocycles. The molecule has 0 saturated heterocycles. The summed E-state index contributed by atoms with van der Waals surface area (Å²) in [6, 6.07) is 6.31. The molecule has 1 nitrogen and oxygen atoms in total. The zero-order chi connectivity index (χ0) is 11.3. The molecule has 0 aromatic heterocycles. The number of aryl methyl sites for hydroxylation is 1. The van der Waals surface area contributed by atoms with Gasteiger partial charge in [0.05, 0.1) is 10.0 Å². The summed E-state index contributed by atoms with van der Waals surface area (Å²) in [4.78, 5) is 0. The van der Waals surface area contributed by atoms with Gasteiger partial charge in [0.25, 0.3) is 0 Å². The van der Waals surface area contributed by atoms with Crippen molar-refractivity contribution >= 4 is 39.3 Å². The molecule has 0 spiro atoms. The van der Waals surface area contributed by atoms with E-state index >= 15 is 0 Å². The Labute approximate surface area is 109 Å². The summed E-state index contributed by atoms with van der Waals surface area (Å²) in [6.07, 6.45) is 3.30. The normalized spacial score (nSPS) is 12.8. The zero-order valence-electron chi connectivity index (χ0n) is 8.56. The Balaban J connectivity index is 2.41. The van der Waals surface area contributed by atoms with Gasteiger partial charge in [0.1, 0.15) is 0 Å². The lowest BCUT2D eigenvalue weighted by Crippen LogP contribution is -2.15. The van der Waals surface area contributed by atoms with Gasteiger partial charge < -0.3 is 0 Å². The van der Waals surface area contributed by atoms with Crippen LogP contribution in [-0.4, -0.2) is 6.04 Å². The first-order valence-electron chi connectivity index (χ1n) is 4.93. The number of hydrogen-bond acceptors (Lipinski definition) is 1. The molecular weight excluding hydrogens is 297 g/mol. The van der Waals surface area contributed by atoms with Crippen LogP contribution in [0.2, 0.25) is 10.0 Å². The maximum absolute atomic E-state index is 5.93. The van der Waals surface area contributed by atoms with Crippen molar-refractivity contribution in [2.45, 2.75) is 32.2 Å². The minimum atomic E-state index is 0.493. The molecule has 0 fully saturated rings. The fraction of sp³-hybridized carbons (Fsp3) is 0.455. The minimum absolute atomic E-state index is 0.493. The second kappa shape index (κ2) is 6.74. The van der Waals surface area contributed by atoms with E-state index in [2.05, 4.69) is 27.4 Å². The number of nitrogens with one attached hydrogen (secondary N) is 1. The average Bonchev–Trinajstić information content (AvgIpc) is 2.23. The molecule has 0 aliphatic heterocycles. The number of halogens is 3. The predicted molar refractivity (Wildman–Crippen MR) is 70.9 cm³/mol. The van der Waals surface area contributed by atoms with Crippen molar-refractivity contribution in [3.05, 3.63) is 33.8 Å². The van der Waals surface area contributed by atoms with Crippen LogP contribution < -0.4 is 4.34 Å². The summed E-state index contributed by atoms with van der Waals surface area (Å²) in [6.45, 7) is 2.14. The second-order valence-electron chi connectivity index (χ2n) is 3.65. The van der Waals surface area contributed by atoms with Crippen molar-refractivity contribution in [3.63, 3.8) is 0 Å². The van der Waals surface area contributed by atoms with E-state index in [-0.39, 0.29) is 0 Å². The molecule has 0 heterocycles. The van der Waals surface area contributed by atoms with E-state index in [4.69, 9.17) is 23.2 Å². The summed E-state index contributed by atoms with van der Waals surface area (Å²) in [5.41, 5.74) is 1.24. The Kier molecular flexibility index (Phi) is 5.98. The quantitative estimate of drug-likeness (QED) is 0.783. The molecule has 1 unspecified atom stereocenters. The largest absolute Gasteiger partial charge is 0.253 e. The molecular formula is C11H14BrCl2N. The summed E-state index contributed by atoms with van der Waals surface area (Å²) < 4.78 is 3.04. The molecule has 0 aliphatic carbocycles. The zero-order valence-corrected chi connectivity index (χ0v) is 11.7. The van der Waals surface area contributed by atoms with Gasteiger partial charge in [-0.05, 0) is 43.9 Å². The summed E-state index contributed by atoms with van der Waals surface area (Å²) in [5, 5.41) is 1.26. The van der Waals surface area contributed by atoms with Crippen molar-refractivity contribution in [3.8, 4) is 0 Å². The van der Waals surface area contributed by atoms with Gasteiger partial charge in [0, 0.05) is 22.2 Å². The van der Waals surface area contributed by atoms with Gasteiger partial charge in [0.15, 0.2) is 0 Å². The van der Waals surface area contributed by atoms with Crippen LogP contribution in [0.3, 0.4) is 0 Å². The van der Waals surface area contributed by atoms with Gasteiger partial charge in [-0.3, -0.25) is 4.34 Å². The average molecular weight is 311 g/mol. The molecule has 0 aliphatic rings. The van der Waals surface area contributed by atoms with Crippen molar-refractivity contribution in [2.75, 3.05) is 0 Å². The third-order valence-electron chi connectivity index (χ3n) is 2.27. The van der Waals surface area contributed by atoms with Crippen molar-refractivity contribution in [1.29, 1.82) is 0 Å². The van der Waals surface area contributed by atoms with E-state index in [1.165, 1.54) is 5.56 Å². The van der Waals surface area contributed by atoms with E-state index in [1.807, 2.05) is 18.2 Å². The Hall–Kier alpha value is 0.240. The van der Waals surface area contributed by atoms with E-state index in [1.54, 1.807) is 0 Å². The van der Waals surface area contributed by atoms with Gasteiger partial charge in [-0.1, -0.05) is 29.3 Å². The first-order chi connectivity index (χ1) is 7.13. The molecule has 1 N–H and O–H groups in total. The van der Waals surface area contributed by atoms with Gasteiger partial charge in [-0.2, -0.15) is 0 Å². The van der Waals surface area contributed by atoms with E-state index < -0.39 is 0 Å². The molecule has 1 aromatic rings. The van der Waals surface area contributed by atoms with Crippen molar-refractivity contribution < 1.29 is 0 Å². The second-order valence-corrected chi connectivity index (χ2v) is 4.92. The fourth-order valence-electron chi connectivity index (χ4n) is 1.36. The molecule has 1 atom stereocenters. The van der Waals surface area contributed by atoms with Gasteiger partial charge in [-0.15, -0.1) is 0 Å². The van der Waals surface area contributed by atoms with Crippen LogP contribution in [0.4, 0.5) is 0 Å². The highest BCUT2D eigenvalue weighted by atomic mass is 79.9. The Morgan fingerprint density at radius 2 is 2.07 bits per heavy atom. The number of rotatable bonds is 5. The molecule has 0 radical (unpaired) electrons. The van der Waals surface area contributed by atoms with Crippen molar-refractivity contribution in [2.24, 2.45) is 0 Å². The lowest BCUT2D eigenvalue weighted by Gasteiger charge is -2.08. The van der Waals surface area contributed by atoms with E-state index in [0.717, 1.165) is 19.3 Å². The van der Waals surface area contributed by atoms with E-state index in [0.29, 0.717) is 16.1 Å². The summed E-state index contributed by atoms with van der Waals surface area (Å²) >= 11 is 15.0. The molecule has 1 aromatic carbocycles. The van der Waals surface area contributed by atoms with Crippen LogP contribution in [0.15, 0.2) is 18.2 Å². The monoisotopic (exact) mass is 309 g/mol. The Morgan fingerprint density at radius 3 is 2.67 bits per heavy atom. The molecule has 4 heteroatoms. The SMILES string of the molecule is CC(CCCc1ccc(Cl)c(Cl)c1)NBr. The minimum Gasteiger partial charge on any atom is -0.253 e. The van der Waals surface area contributed by atoms with Crippen LogP contribution in [-0.2, 0) is 6.42 Å². The van der Waals surface area contributed by atoms with Crippen LogP contribution in [0, 0.1) is 0 Å². The lowest BCUT2D eigenvalue weighted by molar-refractivity contribution is 0.600. The smallest absolute Gasteiger partial charge is 0.0595 e. The maximum Gasteiger partial charge on any atom is 0.0595 e.